The molecule has 3 rings (SSSR count). The van der Waals surface area contributed by atoms with Gasteiger partial charge in [-0.25, -0.2) is 21.6 Å². The summed E-state index contributed by atoms with van der Waals surface area (Å²) in [7, 11) is -4.24. The molecule has 1 heterocycles. The van der Waals surface area contributed by atoms with Gasteiger partial charge in [0.25, 0.3) is 10.0 Å². The van der Waals surface area contributed by atoms with Gasteiger partial charge in [0.1, 0.15) is 22.3 Å². The zero-order chi connectivity index (χ0) is 18.2. The summed E-state index contributed by atoms with van der Waals surface area (Å²) in [5.74, 6) is -2.30. The van der Waals surface area contributed by atoms with Crippen molar-refractivity contribution in [2.75, 3.05) is 4.72 Å². The van der Waals surface area contributed by atoms with E-state index in [4.69, 9.17) is 0 Å². The van der Waals surface area contributed by atoms with Crippen molar-refractivity contribution in [2.24, 2.45) is 0 Å². The van der Waals surface area contributed by atoms with Crippen LogP contribution in [0, 0.1) is 17.5 Å². The van der Waals surface area contributed by atoms with Crippen molar-refractivity contribution in [1.29, 1.82) is 0 Å². The van der Waals surface area contributed by atoms with Crippen LogP contribution in [0.2, 0.25) is 0 Å². The van der Waals surface area contributed by atoms with Gasteiger partial charge in [0.15, 0.2) is 0 Å². The van der Waals surface area contributed by atoms with E-state index in [1.165, 1.54) is 36.7 Å². The van der Waals surface area contributed by atoms with Crippen LogP contribution in [0.1, 0.15) is 0 Å². The molecule has 2 aromatic carbocycles. The minimum Gasteiger partial charge on any atom is -0.366 e. The molecule has 0 radical (unpaired) electrons. The first-order valence-corrected chi connectivity index (χ1v) is 9.15. The van der Waals surface area contributed by atoms with Gasteiger partial charge in [-0.15, -0.1) is 0 Å². The van der Waals surface area contributed by atoms with Crippen molar-refractivity contribution in [3.8, 4) is 11.1 Å². The van der Waals surface area contributed by atoms with Crippen LogP contribution in [0.3, 0.4) is 0 Å². The normalized spacial score (nSPS) is 11.5. The van der Waals surface area contributed by atoms with Crippen LogP contribution < -0.4 is 4.72 Å². The fourth-order valence-electron chi connectivity index (χ4n) is 2.25. The maximum atomic E-state index is 13.9. The highest BCUT2D eigenvalue weighted by atomic mass is 79.9. The summed E-state index contributed by atoms with van der Waals surface area (Å²) >= 11 is 2.81. The number of rotatable bonds is 4. The Balaban J connectivity index is 2.03. The van der Waals surface area contributed by atoms with Gasteiger partial charge < -0.3 is 4.98 Å². The van der Waals surface area contributed by atoms with E-state index in [9.17, 15) is 21.6 Å². The average molecular weight is 431 g/mol. The molecule has 0 bridgehead atoms. The monoisotopic (exact) mass is 430 g/mol. The number of H-pyrrole nitrogens is 1. The summed E-state index contributed by atoms with van der Waals surface area (Å²) < 4.78 is 67.9. The first kappa shape index (κ1) is 17.6. The smallest absolute Gasteiger partial charge is 0.264 e. The second kappa shape index (κ2) is 6.57. The van der Waals surface area contributed by atoms with E-state index >= 15 is 0 Å². The van der Waals surface area contributed by atoms with Gasteiger partial charge in [-0.1, -0.05) is 12.1 Å². The van der Waals surface area contributed by atoms with Crippen molar-refractivity contribution in [1.82, 2.24) is 4.98 Å². The second-order valence-electron chi connectivity index (χ2n) is 5.10. The molecule has 130 valence electrons. The summed E-state index contributed by atoms with van der Waals surface area (Å²) in [5.41, 5.74) is -0.0128. The van der Waals surface area contributed by atoms with Gasteiger partial charge in [-0.3, -0.25) is 4.72 Å². The highest BCUT2D eigenvalue weighted by Crippen LogP contribution is 2.30. The molecular weight excluding hydrogens is 421 g/mol. The van der Waals surface area contributed by atoms with Crippen LogP contribution >= 0.6 is 15.9 Å². The minimum atomic E-state index is -4.24. The van der Waals surface area contributed by atoms with Crippen LogP contribution in [-0.4, -0.2) is 13.4 Å². The fraction of sp³-hybridized carbons (Fsp3) is 0. The van der Waals surface area contributed by atoms with Gasteiger partial charge in [0, 0.05) is 24.0 Å². The lowest BCUT2D eigenvalue weighted by molar-refractivity contribution is 0.592. The van der Waals surface area contributed by atoms with Crippen LogP contribution in [0.15, 0.2) is 58.2 Å². The lowest BCUT2D eigenvalue weighted by Gasteiger charge is -2.10. The maximum Gasteiger partial charge on any atom is 0.264 e. The number of hydrogen-bond donors (Lipinski definition) is 2. The van der Waals surface area contributed by atoms with Gasteiger partial charge in [-0.2, -0.15) is 0 Å². The number of benzene rings is 2. The molecule has 0 amide bonds. The van der Waals surface area contributed by atoms with E-state index in [2.05, 4.69) is 20.9 Å². The average Bonchev–Trinajstić information content (AvgIpc) is 3.03. The zero-order valence-corrected chi connectivity index (χ0v) is 14.8. The van der Waals surface area contributed by atoms with Gasteiger partial charge >= 0.3 is 0 Å². The number of halogens is 4. The molecule has 0 aliphatic heterocycles. The topological polar surface area (TPSA) is 62.0 Å². The standard InChI is InChI=1S/C16H10BrF3N2O2S/c17-12-5-14(20)15(6-13(12)19)22-25(23,24)16-8-21-7-11(16)9-2-1-3-10(18)4-9/h1-8,21-22H. The lowest BCUT2D eigenvalue weighted by Crippen LogP contribution is -2.14. The van der Waals surface area contributed by atoms with Crippen molar-refractivity contribution in [2.45, 2.75) is 4.90 Å². The molecule has 0 aliphatic rings. The molecule has 9 heteroatoms. The summed E-state index contributed by atoms with van der Waals surface area (Å²) in [6.07, 6.45) is 2.55. The third-order valence-electron chi connectivity index (χ3n) is 3.39. The summed E-state index contributed by atoms with van der Waals surface area (Å²) in [6.45, 7) is 0. The molecule has 0 saturated carbocycles. The van der Waals surface area contributed by atoms with Gasteiger partial charge in [0.2, 0.25) is 0 Å². The van der Waals surface area contributed by atoms with Crippen molar-refractivity contribution in [3.05, 3.63) is 70.7 Å². The van der Waals surface area contributed by atoms with Crippen LogP contribution in [0.4, 0.5) is 18.9 Å². The Bertz CT molecular complexity index is 1050. The highest BCUT2D eigenvalue weighted by Gasteiger charge is 2.23. The minimum absolute atomic E-state index is 0.130. The largest absolute Gasteiger partial charge is 0.366 e. The summed E-state index contributed by atoms with van der Waals surface area (Å²) in [4.78, 5) is 2.40. The van der Waals surface area contributed by atoms with Gasteiger partial charge in [-0.05, 0) is 39.7 Å². The van der Waals surface area contributed by atoms with Gasteiger partial charge in [0.05, 0.1) is 10.2 Å². The Kier molecular flexibility index (Phi) is 4.61. The Morgan fingerprint density at radius 2 is 1.76 bits per heavy atom. The quantitative estimate of drug-likeness (QED) is 0.591. The lowest BCUT2D eigenvalue weighted by atomic mass is 10.1. The van der Waals surface area contributed by atoms with E-state index in [1.807, 2.05) is 4.72 Å². The van der Waals surface area contributed by atoms with Crippen LogP contribution in [0.25, 0.3) is 11.1 Å². The number of sulfonamides is 1. The Morgan fingerprint density at radius 1 is 1.00 bits per heavy atom. The number of aromatic amines is 1. The molecular formula is C16H10BrF3N2O2S. The Hall–Kier alpha value is -2.26. The first-order valence-electron chi connectivity index (χ1n) is 6.88. The highest BCUT2D eigenvalue weighted by molar-refractivity contribution is 9.10. The molecule has 3 aromatic rings. The molecule has 25 heavy (non-hydrogen) atoms. The fourth-order valence-corrected chi connectivity index (χ4v) is 3.81. The number of anilines is 1. The third-order valence-corrected chi connectivity index (χ3v) is 5.40. The van der Waals surface area contributed by atoms with E-state index in [0.29, 0.717) is 5.56 Å². The maximum absolute atomic E-state index is 13.9. The molecule has 0 fully saturated rings. The van der Waals surface area contributed by atoms with Crippen LogP contribution in [-0.2, 0) is 10.0 Å². The molecule has 0 spiro atoms. The van der Waals surface area contributed by atoms with E-state index in [-0.39, 0.29) is 14.9 Å². The molecule has 1 aromatic heterocycles. The van der Waals surface area contributed by atoms with Crippen molar-refractivity contribution < 1.29 is 21.6 Å². The van der Waals surface area contributed by atoms with E-state index in [0.717, 1.165) is 12.1 Å². The predicted octanol–water partition coefficient (Wildman–Crippen LogP) is 4.66. The molecule has 4 nitrogen and oxygen atoms in total. The number of hydrogen-bond acceptors (Lipinski definition) is 2. The summed E-state index contributed by atoms with van der Waals surface area (Å²) in [5, 5.41) is 0. The zero-order valence-electron chi connectivity index (χ0n) is 12.4. The van der Waals surface area contributed by atoms with E-state index < -0.39 is 33.2 Å². The van der Waals surface area contributed by atoms with Crippen molar-refractivity contribution >= 4 is 31.6 Å². The third kappa shape index (κ3) is 3.57. The molecule has 2 N–H and O–H groups in total. The number of nitrogens with one attached hydrogen (secondary N) is 2. The molecule has 0 saturated heterocycles. The SMILES string of the molecule is O=S(=O)(Nc1cc(F)c(Br)cc1F)c1c[nH]cc1-c1cccc(F)c1. The predicted molar refractivity (Wildman–Crippen MR) is 91.1 cm³/mol. The molecule has 0 unspecified atom stereocenters. The van der Waals surface area contributed by atoms with E-state index in [1.54, 1.807) is 0 Å². The second-order valence-corrected chi connectivity index (χ2v) is 7.60. The number of aromatic nitrogens is 1. The Morgan fingerprint density at radius 3 is 2.48 bits per heavy atom. The first-order chi connectivity index (χ1) is 11.8. The molecule has 0 aliphatic carbocycles. The Labute approximate surface area is 149 Å². The summed E-state index contributed by atoms with van der Waals surface area (Å²) in [6, 6.07) is 6.91. The van der Waals surface area contributed by atoms with Crippen molar-refractivity contribution in [3.63, 3.8) is 0 Å². The van der Waals surface area contributed by atoms with Crippen LogP contribution in [0.5, 0.6) is 0 Å². The molecule has 0 atom stereocenters.